The predicted molar refractivity (Wildman–Crippen MR) is 202 cm³/mol. The molecule has 15 heteroatoms. The molecule has 3 aromatic heterocycles. The summed E-state index contributed by atoms with van der Waals surface area (Å²) in [6, 6.07) is 41.8. The van der Waals surface area contributed by atoms with Crippen molar-refractivity contribution in [3.05, 3.63) is 138 Å². The van der Waals surface area contributed by atoms with Crippen LogP contribution in [0.4, 0.5) is 8.78 Å². The van der Waals surface area contributed by atoms with Crippen LogP contribution in [0.5, 0.6) is 11.5 Å². The summed E-state index contributed by atoms with van der Waals surface area (Å²) in [5.41, 5.74) is 5.11. The predicted octanol–water partition coefficient (Wildman–Crippen LogP) is 7.55. The standard InChI is InChI=1S/2C17H12N3O.C6H6F2N2OS.Ir/c2*1-21-17-11-10-16(12-6-2-3-7-13(12)17)20-18-14-8-4-5-9-15(14)19-20;1-6(7,8)4(11)10-5-9-2-3-12-5;/h2*2-9,11H,1H3;2-3H,1H3,(H,9,10,11);/q2*-1;;+3/p-1. The van der Waals surface area contributed by atoms with Crippen LogP contribution in [0.25, 0.3) is 55.0 Å². The maximum Gasteiger partial charge on any atom is 3.00 e. The largest absolute Gasteiger partial charge is 3.00 e. The van der Waals surface area contributed by atoms with E-state index in [0.29, 0.717) is 6.92 Å². The average Bonchev–Trinajstić information content (AvgIpc) is 3.97. The number of carbonyl (C=O) groups excluding carboxylic acids is 1. The zero-order valence-electron chi connectivity index (χ0n) is 29.3. The summed E-state index contributed by atoms with van der Waals surface area (Å²) in [6.45, 7) is 0.506. The Bertz CT molecular complexity index is 2570. The van der Waals surface area contributed by atoms with Crippen molar-refractivity contribution >= 4 is 60.9 Å². The van der Waals surface area contributed by atoms with Gasteiger partial charge in [0.25, 0.3) is 0 Å². The Morgan fingerprint density at radius 1 is 0.691 bits per heavy atom. The summed E-state index contributed by atoms with van der Waals surface area (Å²) >= 11 is 1.04. The van der Waals surface area contributed by atoms with Gasteiger partial charge in [0.1, 0.15) is 22.1 Å². The molecule has 9 rings (SSSR count). The van der Waals surface area contributed by atoms with Crippen molar-refractivity contribution in [3.63, 3.8) is 0 Å². The van der Waals surface area contributed by atoms with Crippen LogP contribution in [0.2, 0.25) is 0 Å². The minimum Gasteiger partial charge on any atom is -0.554 e. The van der Waals surface area contributed by atoms with Gasteiger partial charge in [0.2, 0.25) is 5.91 Å². The summed E-state index contributed by atoms with van der Waals surface area (Å²) in [7, 11) is 3.32. The molecular weight excluding hydrogens is 903 g/mol. The molecule has 0 unspecified atom stereocenters. The number of methoxy groups -OCH3 is 2. The van der Waals surface area contributed by atoms with Crippen molar-refractivity contribution in [1.29, 1.82) is 0 Å². The van der Waals surface area contributed by atoms with Crippen LogP contribution in [0, 0.1) is 12.1 Å². The molecule has 0 aliphatic heterocycles. The number of alkyl halides is 2. The first-order valence-corrected chi connectivity index (χ1v) is 17.2. The van der Waals surface area contributed by atoms with Gasteiger partial charge in [-0.25, -0.2) is 0 Å². The first kappa shape index (κ1) is 38.6. The van der Waals surface area contributed by atoms with E-state index in [2.05, 4.69) is 42.5 Å². The molecule has 55 heavy (non-hydrogen) atoms. The van der Waals surface area contributed by atoms with E-state index in [1.165, 1.54) is 6.20 Å². The Morgan fingerprint density at radius 3 is 1.42 bits per heavy atom. The SMILES string of the molecule is CC(F)(F)C(=O)N=c1[n-]ccs1.COc1c[c-]c(-n2nc3ccccc3n2)c2ccccc12.COc1c[c-]c(-n2nc3ccccc3n2)c2ccccc12.[Ir+3]. The number of amides is 1. The van der Waals surface area contributed by atoms with E-state index in [4.69, 9.17) is 9.47 Å². The fraction of sp³-hybridized carbons (Fsp3) is 0.100. The Morgan fingerprint density at radius 2 is 1.07 bits per heavy atom. The molecule has 3 heterocycles. The quantitative estimate of drug-likeness (QED) is 0.162. The molecule has 0 aliphatic rings. The van der Waals surface area contributed by atoms with E-state index in [0.717, 1.165) is 77.8 Å². The van der Waals surface area contributed by atoms with E-state index in [9.17, 15) is 13.6 Å². The fourth-order valence-electron chi connectivity index (χ4n) is 5.43. The number of benzene rings is 6. The van der Waals surface area contributed by atoms with Crippen molar-refractivity contribution in [2.24, 2.45) is 4.99 Å². The smallest absolute Gasteiger partial charge is 0.554 e. The molecule has 1 amide bonds. The number of hydrogen-bond acceptors (Lipinski definition) is 8. The van der Waals surface area contributed by atoms with Gasteiger partial charge >= 0.3 is 26.0 Å². The van der Waals surface area contributed by atoms with Gasteiger partial charge in [-0.1, -0.05) is 88.4 Å². The summed E-state index contributed by atoms with van der Waals surface area (Å²) in [5, 5.41) is 23.7. The molecule has 0 saturated heterocycles. The van der Waals surface area contributed by atoms with Crippen LogP contribution in [0.3, 0.4) is 0 Å². The number of ether oxygens (including phenoxy) is 2. The number of halogens is 2. The van der Waals surface area contributed by atoms with Gasteiger partial charge in [-0.05, 0) is 41.0 Å². The van der Waals surface area contributed by atoms with Gasteiger partial charge in [0.05, 0.1) is 14.2 Å². The third-order valence-electron chi connectivity index (χ3n) is 7.98. The maximum atomic E-state index is 12.2. The number of carbonyl (C=O) groups is 1. The van der Waals surface area contributed by atoms with Gasteiger partial charge < -0.3 is 19.5 Å². The number of rotatable bonds is 5. The summed E-state index contributed by atoms with van der Waals surface area (Å²) in [4.78, 5) is 20.6. The first-order chi connectivity index (χ1) is 26.2. The molecule has 9 aromatic rings. The van der Waals surface area contributed by atoms with Crippen molar-refractivity contribution in [3.8, 4) is 22.9 Å². The van der Waals surface area contributed by atoms with Crippen molar-refractivity contribution < 1.29 is 43.2 Å². The number of fused-ring (bicyclic) bond motifs is 4. The topological polar surface area (TPSA) is 123 Å². The number of nitrogens with zero attached hydrogens (tertiary/aromatic N) is 8. The molecule has 0 aliphatic carbocycles. The molecule has 0 N–H and O–H groups in total. The van der Waals surface area contributed by atoms with Crippen LogP contribution in [0.15, 0.2) is 126 Å². The van der Waals surface area contributed by atoms with Crippen molar-refractivity contribution in [2.75, 3.05) is 14.2 Å². The zero-order chi connectivity index (χ0) is 37.7. The summed E-state index contributed by atoms with van der Waals surface area (Å²) in [5.74, 6) is -3.28. The normalized spacial score (nSPS) is 11.4. The maximum absolute atomic E-state index is 12.2. The average molecular weight is 932 g/mol. The van der Waals surface area contributed by atoms with Crippen LogP contribution in [0.1, 0.15) is 6.92 Å². The van der Waals surface area contributed by atoms with Crippen LogP contribution >= 0.6 is 11.3 Å². The van der Waals surface area contributed by atoms with E-state index in [-0.39, 0.29) is 24.9 Å². The van der Waals surface area contributed by atoms with Gasteiger partial charge in [-0.2, -0.15) is 62.2 Å². The molecule has 276 valence electrons. The van der Waals surface area contributed by atoms with Crippen molar-refractivity contribution in [1.82, 2.24) is 35.0 Å². The molecule has 0 bridgehead atoms. The third kappa shape index (κ3) is 8.49. The Hall–Kier alpha value is -6.15. The van der Waals surface area contributed by atoms with E-state index in [1.807, 2.05) is 109 Å². The van der Waals surface area contributed by atoms with Gasteiger partial charge in [-0.3, -0.25) is 4.79 Å². The van der Waals surface area contributed by atoms with Gasteiger partial charge in [-0.15, -0.1) is 24.3 Å². The molecule has 11 nitrogen and oxygen atoms in total. The number of hydrogen-bond donors (Lipinski definition) is 0. The molecule has 0 atom stereocenters. The molecule has 0 spiro atoms. The zero-order valence-corrected chi connectivity index (χ0v) is 32.6. The van der Waals surface area contributed by atoms with Gasteiger partial charge in [0.15, 0.2) is 0 Å². The van der Waals surface area contributed by atoms with Gasteiger partial charge in [0, 0.05) is 23.2 Å². The Kier molecular flexibility index (Phi) is 11.8. The second kappa shape index (κ2) is 16.9. The first-order valence-electron chi connectivity index (χ1n) is 16.4. The number of thiazole rings is 1. The molecular formula is C40H29F2IrN8O3S. The second-order valence-electron chi connectivity index (χ2n) is 11.6. The number of aromatic nitrogens is 7. The minimum atomic E-state index is -3.41. The van der Waals surface area contributed by atoms with Crippen molar-refractivity contribution in [2.45, 2.75) is 12.8 Å². The van der Waals surface area contributed by atoms with Crippen LogP contribution in [-0.2, 0) is 24.9 Å². The second-order valence-corrected chi connectivity index (χ2v) is 12.5. The molecule has 0 fully saturated rings. The van der Waals surface area contributed by atoms with E-state index in [1.54, 1.807) is 29.2 Å². The monoisotopic (exact) mass is 932 g/mol. The Balaban J connectivity index is 0.000000145. The third-order valence-corrected chi connectivity index (χ3v) is 8.65. The summed E-state index contributed by atoms with van der Waals surface area (Å²) in [6.07, 6.45) is 1.39. The Labute approximate surface area is 330 Å². The van der Waals surface area contributed by atoms with Crippen LogP contribution < -0.4 is 19.3 Å². The fourth-order valence-corrected chi connectivity index (χ4v) is 5.93. The van der Waals surface area contributed by atoms with E-state index < -0.39 is 11.8 Å². The summed E-state index contributed by atoms with van der Waals surface area (Å²) < 4.78 is 35.3. The van der Waals surface area contributed by atoms with Crippen LogP contribution in [-0.4, -0.2) is 56.0 Å². The molecule has 6 aromatic carbocycles. The van der Waals surface area contributed by atoms with E-state index >= 15 is 0 Å². The molecule has 0 radical (unpaired) electrons. The minimum absolute atomic E-state index is 0. The molecule has 0 saturated carbocycles.